The zero-order valence-electron chi connectivity index (χ0n) is 11.6. The number of aliphatic hydroxyl groups is 1. The zero-order valence-corrected chi connectivity index (χ0v) is 11.6. The summed E-state index contributed by atoms with van der Waals surface area (Å²) in [5.41, 5.74) is 2.30. The van der Waals surface area contributed by atoms with E-state index in [1.54, 1.807) is 30.6 Å². The van der Waals surface area contributed by atoms with Gasteiger partial charge in [-0.1, -0.05) is 12.1 Å². The van der Waals surface area contributed by atoms with Crippen molar-refractivity contribution in [2.45, 2.75) is 19.3 Å². The molecule has 0 aliphatic rings. The average Bonchev–Trinajstić information content (AvgIpc) is 2.51. The molecule has 2 rings (SSSR count). The predicted octanol–water partition coefficient (Wildman–Crippen LogP) is 3.13. The Kier molecular flexibility index (Phi) is 5.21. The first-order chi connectivity index (χ1) is 10.5. The number of aliphatic hydroxyl groups excluding tert-OH is 1. The molecule has 0 saturated heterocycles. The lowest BCUT2D eigenvalue weighted by Gasteiger charge is -2.11. The quantitative estimate of drug-likeness (QED) is 0.860. The molecule has 0 spiro atoms. The van der Waals surface area contributed by atoms with Gasteiger partial charge in [0.05, 0.1) is 18.5 Å². The van der Waals surface area contributed by atoms with Gasteiger partial charge in [0, 0.05) is 18.3 Å². The van der Waals surface area contributed by atoms with E-state index in [4.69, 9.17) is 0 Å². The van der Waals surface area contributed by atoms with E-state index < -0.39 is 12.8 Å². The number of hydrogen-bond acceptors (Lipinski definition) is 4. The Labute approximate surface area is 125 Å². The molecule has 0 atom stereocenters. The summed E-state index contributed by atoms with van der Waals surface area (Å²) >= 11 is 0. The number of benzene rings is 1. The Balaban J connectivity index is 1.91. The molecule has 0 radical (unpaired) electrons. The van der Waals surface area contributed by atoms with Gasteiger partial charge in [-0.25, -0.2) is 0 Å². The molecule has 7 heteroatoms. The topological polar surface area (TPSA) is 54.4 Å². The summed E-state index contributed by atoms with van der Waals surface area (Å²) < 4.78 is 40.8. The fraction of sp³-hybridized carbons (Fsp3) is 0.267. The number of nitrogens with one attached hydrogen (secondary N) is 1. The highest BCUT2D eigenvalue weighted by molar-refractivity contribution is 5.49. The van der Waals surface area contributed by atoms with Crippen LogP contribution in [0.5, 0.6) is 5.75 Å². The van der Waals surface area contributed by atoms with Crippen molar-refractivity contribution in [3.05, 3.63) is 53.9 Å². The minimum absolute atomic E-state index is 0.102. The monoisotopic (exact) mass is 312 g/mol. The van der Waals surface area contributed by atoms with E-state index in [0.29, 0.717) is 12.2 Å². The van der Waals surface area contributed by atoms with Crippen molar-refractivity contribution < 1.29 is 23.0 Å². The number of pyridine rings is 1. The third-order valence-corrected chi connectivity index (χ3v) is 2.89. The Morgan fingerprint density at radius 2 is 1.86 bits per heavy atom. The molecule has 0 fully saturated rings. The minimum atomic E-state index is -4.35. The second-order valence-corrected chi connectivity index (χ2v) is 4.59. The van der Waals surface area contributed by atoms with E-state index in [9.17, 15) is 18.3 Å². The minimum Gasteiger partial charge on any atom is -0.484 e. The van der Waals surface area contributed by atoms with E-state index in [1.807, 2.05) is 0 Å². The standard InChI is InChI=1S/C15H15F3N2O2/c16-15(17,18)10-22-13-3-1-11(2-4-13)7-20-14-8-19-6-5-12(14)9-21/h1-6,8,20-21H,7,9-10H2. The Bertz CT molecular complexity index is 600. The van der Waals surface area contributed by atoms with Crippen LogP contribution in [0, 0.1) is 0 Å². The summed E-state index contributed by atoms with van der Waals surface area (Å²) in [6.07, 6.45) is -1.16. The molecule has 4 nitrogen and oxygen atoms in total. The zero-order chi connectivity index (χ0) is 16.0. The van der Waals surface area contributed by atoms with E-state index in [-0.39, 0.29) is 12.4 Å². The second kappa shape index (κ2) is 7.13. The highest BCUT2D eigenvalue weighted by Gasteiger charge is 2.28. The van der Waals surface area contributed by atoms with Crippen LogP contribution in [-0.4, -0.2) is 22.9 Å². The lowest BCUT2D eigenvalue weighted by Crippen LogP contribution is -2.19. The van der Waals surface area contributed by atoms with Crippen molar-refractivity contribution >= 4 is 5.69 Å². The van der Waals surface area contributed by atoms with Gasteiger partial charge in [0.15, 0.2) is 6.61 Å². The highest BCUT2D eigenvalue weighted by Crippen LogP contribution is 2.20. The Morgan fingerprint density at radius 1 is 1.14 bits per heavy atom. The first-order valence-corrected chi connectivity index (χ1v) is 6.54. The summed E-state index contributed by atoms with van der Waals surface area (Å²) in [6, 6.07) is 8.02. The van der Waals surface area contributed by atoms with Gasteiger partial charge < -0.3 is 15.2 Å². The molecule has 0 bridgehead atoms. The van der Waals surface area contributed by atoms with Crippen LogP contribution in [-0.2, 0) is 13.2 Å². The molecule has 0 aliphatic carbocycles. The molecular formula is C15H15F3N2O2. The van der Waals surface area contributed by atoms with Crippen molar-refractivity contribution in [2.24, 2.45) is 0 Å². The van der Waals surface area contributed by atoms with Crippen molar-refractivity contribution in [3.63, 3.8) is 0 Å². The molecule has 1 aromatic carbocycles. The summed E-state index contributed by atoms with van der Waals surface area (Å²) in [5.74, 6) is 0.165. The number of halogens is 3. The van der Waals surface area contributed by atoms with Crippen LogP contribution in [0.2, 0.25) is 0 Å². The number of hydrogen-bond donors (Lipinski definition) is 2. The van der Waals surface area contributed by atoms with Crippen molar-refractivity contribution in [1.82, 2.24) is 4.98 Å². The van der Waals surface area contributed by atoms with Crippen molar-refractivity contribution in [3.8, 4) is 5.75 Å². The van der Waals surface area contributed by atoms with Crippen LogP contribution in [0.15, 0.2) is 42.7 Å². The summed E-state index contributed by atoms with van der Waals surface area (Å²) in [4.78, 5) is 3.97. The SMILES string of the molecule is OCc1ccncc1NCc1ccc(OCC(F)(F)F)cc1. The fourth-order valence-corrected chi connectivity index (χ4v) is 1.79. The van der Waals surface area contributed by atoms with Gasteiger partial charge in [0.2, 0.25) is 0 Å². The van der Waals surface area contributed by atoms with Crippen LogP contribution < -0.4 is 10.1 Å². The lowest BCUT2D eigenvalue weighted by atomic mass is 10.2. The molecule has 2 aromatic rings. The van der Waals surface area contributed by atoms with Crippen LogP contribution >= 0.6 is 0 Å². The van der Waals surface area contributed by atoms with E-state index >= 15 is 0 Å². The first-order valence-electron chi connectivity index (χ1n) is 6.54. The number of nitrogens with zero attached hydrogens (tertiary/aromatic N) is 1. The van der Waals surface area contributed by atoms with Crippen molar-refractivity contribution in [1.29, 1.82) is 0 Å². The van der Waals surface area contributed by atoms with E-state index in [2.05, 4.69) is 15.0 Å². The summed E-state index contributed by atoms with van der Waals surface area (Å²) in [7, 11) is 0. The first kappa shape index (κ1) is 16.1. The van der Waals surface area contributed by atoms with E-state index in [0.717, 1.165) is 11.1 Å². The van der Waals surface area contributed by atoms with Crippen LogP contribution in [0.4, 0.5) is 18.9 Å². The number of alkyl halides is 3. The summed E-state index contributed by atoms with van der Waals surface area (Å²) in [5, 5.41) is 12.3. The normalized spacial score (nSPS) is 11.3. The number of aromatic nitrogens is 1. The van der Waals surface area contributed by atoms with Crippen LogP contribution in [0.3, 0.4) is 0 Å². The lowest BCUT2D eigenvalue weighted by molar-refractivity contribution is -0.153. The van der Waals surface area contributed by atoms with Gasteiger partial charge in [0.25, 0.3) is 0 Å². The van der Waals surface area contributed by atoms with Gasteiger partial charge in [-0.15, -0.1) is 0 Å². The molecule has 0 unspecified atom stereocenters. The molecule has 118 valence electrons. The molecule has 2 N–H and O–H groups in total. The van der Waals surface area contributed by atoms with E-state index in [1.165, 1.54) is 12.1 Å². The van der Waals surface area contributed by atoms with Gasteiger partial charge in [-0.3, -0.25) is 4.98 Å². The largest absolute Gasteiger partial charge is 0.484 e. The fourth-order valence-electron chi connectivity index (χ4n) is 1.79. The maximum Gasteiger partial charge on any atom is 0.422 e. The number of ether oxygens (including phenoxy) is 1. The number of anilines is 1. The molecule has 1 aromatic heterocycles. The van der Waals surface area contributed by atoms with Gasteiger partial charge >= 0.3 is 6.18 Å². The third-order valence-electron chi connectivity index (χ3n) is 2.89. The molecule has 0 saturated carbocycles. The van der Waals surface area contributed by atoms with Gasteiger partial charge in [-0.2, -0.15) is 13.2 Å². The Hall–Kier alpha value is -2.28. The molecule has 22 heavy (non-hydrogen) atoms. The van der Waals surface area contributed by atoms with Crippen molar-refractivity contribution in [2.75, 3.05) is 11.9 Å². The molecule has 0 amide bonds. The van der Waals surface area contributed by atoms with Crippen LogP contribution in [0.1, 0.15) is 11.1 Å². The van der Waals surface area contributed by atoms with Gasteiger partial charge in [-0.05, 0) is 23.8 Å². The van der Waals surface area contributed by atoms with Gasteiger partial charge in [0.1, 0.15) is 5.75 Å². The smallest absolute Gasteiger partial charge is 0.422 e. The number of rotatable bonds is 6. The summed E-state index contributed by atoms with van der Waals surface area (Å²) in [6.45, 7) is -0.951. The predicted molar refractivity (Wildman–Crippen MR) is 75.5 cm³/mol. The molecule has 0 aliphatic heterocycles. The van der Waals surface area contributed by atoms with Crippen LogP contribution in [0.25, 0.3) is 0 Å². The highest BCUT2D eigenvalue weighted by atomic mass is 19.4. The average molecular weight is 312 g/mol. The Morgan fingerprint density at radius 3 is 2.50 bits per heavy atom. The maximum absolute atomic E-state index is 12.0. The molecular weight excluding hydrogens is 297 g/mol. The third kappa shape index (κ3) is 4.92. The second-order valence-electron chi connectivity index (χ2n) is 4.59. The maximum atomic E-state index is 12.0. The molecule has 1 heterocycles.